The molecule has 0 N–H and O–H groups in total. The molecule has 0 unspecified atom stereocenters. The SMILES string of the molecule is O=C(CSc1nnc2n3ncnc3c3c4c(sc3n12)CCCC4)N1CCCCC1. The summed E-state index contributed by atoms with van der Waals surface area (Å²) in [5.74, 6) is 1.24. The Bertz CT molecular complexity index is 1230. The van der Waals surface area contributed by atoms with E-state index in [1.54, 1.807) is 10.8 Å². The number of likely N-dealkylation sites (tertiary alicyclic amines) is 1. The quantitative estimate of drug-likeness (QED) is 0.468. The maximum Gasteiger partial charge on any atom is 0.260 e. The van der Waals surface area contributed by atoms with Gasteiger partial charge in [0.1, 0.15) is 11.2 Å². The van der Waals surface area contributed by atoms with Gasteiger partial charge in [0, 0.05) is 18.0 Å². The molecule has 6 rings (SSSR count). The van der Waals surface area contributed by atoms with Crippen LogP contribution in [0, 0.1) is 0 Å². The van der Waals surface area contributed by atoms with E-state index in [0.717, 1.165) is 54.4 Å². The lowest BCUT2D eigenvalue weighted by Gasteiger charge is -2.26. The molecule has 0 atom stereocenters. The van der Waals surface area contributed by atoms with Crippen molar-refractivity contribution in [2.75, 3.05) is 18.8 Å². The van der Waals surface area contributed by atoms with Crippen molar-refractivity contribution in [2.45, 2.75) is 50.1 Å². The highest BCUT2D eigenvalue weighted by molar-refractivity contribution is 7.99. The molecular weight excluding hydrogens is 406 g/mol. The van der Waals surface area contributed by atoms with Crippen LogP contribution in [0.4, 0.5) is 0 Å². The molecule has 4 aromatic rings. The number of carbonyl (C=O) groups is 1. The van der Waals surface area contributed by atoms with E-state index in [1.807, 2.05) is 16.2 Å². The highest BCUT2D eigenvalue weighted by Gasteiger charge is 2.25. The third kappa shape index (κ3) is 2.76. The van der Waals surface area contributed by atoms with Crippen LogP contribution in [0.2, 0.25) is 0 Å². The molecule has 0 bridgehead atoms. The van der Waals surface area contributed by atoms with E-state index in [1.165, 1.54) is 46.9 Å². The molecule has 0 radical (unpaired) electrons. The van der Waals surface area contributed by atoms with Gasteiger partial charge in [-0.25, -0.2) is 9.38 Å². The van der Waals surface area contributed by atoms with Crippen molar-refractivity contribution in [2.24, 2.45) is 0 Å². The number of piperidine rings is 1. The highest BCUT2D eigenvalue weighted by Crippen LogP contribution is 2.39. The Morgan fingerprint density at radius 1 is 1.10 bits per heavy atom. The highest BCUT2D eigenvalue weighted by atomic mass is 32.2. The average Bonchev–Trinajstić information content (AvgIpc) is 3.48. The summed E-state index contributed by atoms with van der Waals surface area (Å²) in [5, 5.41) is 15.2. The lowest BCUT2D eigenvalue weighted by molar-refractivity contribution is -0.129. The van der Waals surface area contributed by atoms with Gasteiger partial charge in [-0.1, -0.05) is 11.8 Å². The van der Waals surface area contributed by atoms with Gasteiger partial charge in [-0.15, -0.1) is 21.5 Å². The smallest absolute Gasteiger partial charge is 0.260 e. The van der Waals surface area contributed by atoms with Gasteiger partial charge < -0.3 is 4.90 Å². The zero-order valence-corrected chi connectivity index (χ0v) is 17.6. The summed E-state index contributed by atoms with van der Waals surface area (Å²) >= 11 is 3.30. The van der Waals surface area contributed by atoms with Crippen molar-refractivity contribution >= 4 is 50.6 Å². The van der Waals surface area contributed by atoms with Crippen molar-refractivity contribution in [3.63, 3.8) is 0 Å². The summed E-state index contributed by atoms with van der Waals surface area (Å²) in [6, 6.07) is 0. The summed E-state index contributed by atoms with van der Waals surface area (Å²) in [7, 11) is 0. The third-order valence-electron chi connectivity index (χ3n) is 5.97. The van der Waals surface area contributed by atoms with Gasteiger partial charge in [-0.3, -0.25) is 4.79 Å². The molecule has 1 aliphatic heterocycles. The Balaban J connectivity index is 1.45. The van der Waals surface area contributed by atoms with Gasteiger partial charge in [0.2, 0.25) is 5.91 Å². The summed E-state index contributed by atoms with van der Waals surface area (Å²) in [4.78, 5) is 21.7. The molecule has 2 aliphatic rings. The monoisotopic (exact) mass is 427 g/mol. The summed E-state index contributed by atoms with van der Waals surface area (Å²) in [6.07, 6.45) is 9.68. The average molecular weight is 428 g/mol. The first-order chi connectivity index (χ1) is 14.3. The molecule has 8 nitrogen and oxygen atoms in total. The molecule has 0 aromatic carbocycles. The van der Waals surface area contributed by atoms with Crippen LogP contribution in [-0.4, -0.2) is 58.8 Å². The Morgan fingerprint density at radius 2 is 1.97 bits per heavy atom. The normalized spacial score (nSPS) is 17.4. The number of thiophene rings is 1. The number of carbonyl (C=O) groups excluding carboxylic acids is 1. The fourth-order valence-electron chi connectivity index (χ4n) is 4.53. The minimum Gasteiger partial charge on any atom is -0.342 e. The van der Waals surface area contributed by atoms with E-state index in [4.69, 9.17) is 0 Å². The Kier molecular flexibility index (Phi) is 4.22. The number of hydrogen-bond donors (Lipinski definition) is 0. The molecule has 5 heterocycles. The predicted octanol–water partition coefficient (Wildman–Crippen LogP) is 2.97. The molecule has 4 aromatic heterocycles. The zero-order valence-electron chi connectivity index (χ0n) is 16.0. The fourth-order valence-corrected chi connectivity index (χ4v) is 6.81. The maximum atomic E-state index is 12.6. The zero-order chi connectivity index (χ0) is 19.4. The lowest BCUT2D eigenvalue weighted by atomic mass is 9.97. The second kappa shape index (κ2) is 6.94. The Hall–Kier alpha value is -2.20. The maximum absolute atomic E-state index is 12.6. The number of fused-ring (bicyclic) bond motifs is 8. The van der Waals surface area contributed by atoms with E-state index >= 15 is 0 Å². The van der Waals surface area contributed by atoms with Gasteiger partial charge in [0.15, 0.2) is 10.8 Å². The number of amides is 1. The van der Waals surface area contributed by atoms with Gasteiger partial charge in [-0.05, 0) is 50.5 Å². The first-order valence-corrected chi connectivity index (χ1v) is 12.0. The van der Waals surface area contributed by atoms with Crippen molar-refractivity contribution in [3.05, 3.63) is 16.8 Å². The standard InChI is InChI=1S/C19H21N7OS2/c27-14(24-8-4-1-5-9-24)10-28-19-23-22-18-25(19)17-15(16-20-11-21-26(16)18)12-6-2-3-7-13(12)29-17/h11H,1-10H2. The van der Waals surface area contributed by atoms with Crippen LogP contribution in [0.15, 0.2) is 11.5 Å². The van der Waals surface area contributed by atoms with Gasteiger partial charge >= 0.3 is 0 Å². The minimum absolute atomic E-state index is 0.190. The van der Waals surface area contributed by atoms with Crippen molar-refractivity contribution < 1.29 is 4.79 Å². The molecule has 150 valence electrons. The largest absolute Gasteiger partial charge is 0.342 e. The molecular formula is C19H21N7OS2. The first kappa shape index (κ1) is 17.6. The Labute approximate surface area is 175 Å². The van der Waals surface area contributed by atoms with Crippen LogP contribution in [0.25, 0.3) is 21.6 Å². The van der Waals surface area contributed by atoms with Crippen LogP contribution in [0.3, 0.4) is 0 Å². The third-order valence-corrected chi connectivity index (χ3v) is 8.16. The van der Waals surface area contributed by atoms with Gasteiger partial charge in [0.05, 0.1) is 11.1 Å². The van der Waals surface area contributed by atoms with E-state index in [9.17, 15) is 4.79 Å². The molecule has 0 spiro atoms. The van der Waals surface area contributed by atoms with Crippen LogP contribution >= 0.6 is 23.1 Å². The second-order valence-electron chi connectivity index (χ2n) is 7.73. The molecule has 1 fully saturated rings. The fraction of sp³-hybridized carbons (Fsp3) is 0.526. The number of rotatable bonds is 3. The molecule has 1 saturated heterocycles. The number of hydrogen-bond acceptors (Lipinski definition) is 7. The van der Waals surface area contributed by atoms with Crippen molar-refractivity contribution in [1.29, 1.82) is 0 Å². The molecule has 1 amide bonds. The van der Waals surface area contributed by atoms with Gasteiger partial charge in [0.25, 0.3) is 5.78 Å². The summed E-state index contributed by atoms with van der Waals surface area (Å²) < 4.78 is 3.86. The number of nitrogens with zero attached hydrogens (tertiary/aromatic N) is 7. The van der Waals surface area contributed by atoms with Crippen LogP contribution in [0.1, 0.15) is 42.5 Å². The minimum atomic E-state index is 0.190. The summed E-state index contributed by atoms with van der Waals surface area (Å²) in [6.45, 7) is 1.75. The van der Waals surface area contributed by atoms with Gasteiger partial charge in [-0.2, -0.15) is 9.61 Å². The lowest BCUT2D eigenvalue weighted by Crippen LogP contribution is -2.36. The number of aryl methyl sites for hydroxylation is 2. The first-order valence-electron chi connectivity index (χ1n) is 10.2. The number of aromatic nitrogens is 6. The van der Waals surface area contributed by atoms with Crippen molar-refractivity contribution in [1.82, 2.24) is 34.1 Å². The van der Waals surface area contributed by atoms with Crippen LogP contribution in [0.5, 0.6) is 0 Å². The predicted molar refractivity (Wildman–Crippen MR) is 113 cm³/mol. The Morgan fingerprint density at radius 3 is 2.86 bits per heavy atom. The molecule has 1 aliphatic carbocycles. The van der Waals surface area contributed by atoms with E-state index in [0.29, 0.717) is 11.5 Å². The molecule has 10 heteroatoms. The van der Waals surface area contributed by atoms with Crippen LogP contribution < -0.4 is 0 Å². The van der Waals surface area contributed by atoms with Crippen LogP contribution in [-0.2, 0) is 17.6 Å². The van der Waals surface area contributed by atoms with E-state index in [2.05, 4.69) is 24.7 Å². The molecule has 0 saturated carbocycles. The molecule has 29 heavy (non-hydrogen) atoms. The van der Waals surface area contributed by atoms with Crippen molar-refractivity contribution in [3.8, 4) is 0 Å². The topological polar surface area (TPSA) is 80.7 Å². The summed E-state index contributed by atoms with van der Waals surface area (Å²) in [5.41, 5.74) is 2.27. The van der Waals surface area contributed by atoms with E-state index in [-0.39, 0.29) is 5.91 Å². The van der Waals surface area contributed by atoms with E-state index < -0.39 is 0 Å². The number of thioether (sulfide) groups is 1. The second-order valence-corrected chi connectivity index (χ2v) is 9.76.